The molecule has 2 bridgehead atoms. The minimum absolute atomic E-state index is 0.274. The van der Waals surface area contributed by atoms with E-state index in [9.17, 15) is 5.11 Å². The lowest BCUT2D eigenvalue weighted by atomic mass is 9.97. The quantitative estimate of drug-likeness (QED) is 0.583. The molecule has 69 valence electrons. The summed E-state index contributed by atoms with van der Waals surface area (Å²) in [5, 5.41) is 11.3. The monoisotopic (exact) mass is 169 g/mol. The van der Waals surface area contributed by atoms with Gasteiger partial charge in [-0.2, -0.15) is 5.11 Å². The summed E-state index contributed by atoms with van der Waals surface area (Å²) in [6.07, 6.45) is 5.36. The van der Waals surface area contributed by atoms with E-state index in [0.29, 0.717) is 5.92 Å². The average molecular weight is 169 g/mol. The minimum Gasteiger partial charge on any atom is -0.344 e. The first-order valence-electron chi connectivity index (χ1n) is 4.93. The first-order valence-corrected chi connectivity index (χ1v) is 4.93. The van der Waals surface area contributed by atoms with Gasteiger partial charge in [0.15, 0.2) is 5.79 Å². The highest BCUT2D eigenvalue weighted by molar-refractivity contribution is 4.91. The second kappa shape index (κ2) is 2.71. The second-order valence-corrected chi connectivity index (χ2v) is 4.73. The Balaban J connectivity index is 1.91. The molecule has 0 saturated heterocycles. The molecule has 0 aromatic heterocycles. The Hall–Kier alpha value is -0.0800. The molecule has 2 heteroatoms. The lowest BCUT2D eigenvalue weighted by molar-refractivity contribution is -0.247. The molecule has 1 radical (unpaired) electrons. The predicted molar refractivity (Wildman–Crippen MR) is 45.1 cm³/mol. The van der Waals surface area contributed by atoms with E-state index in [1.54, 1.807) is 13.8 Å². The van der Waals surface area contributed by atoms with Crippen molar-refractivity contribution >= 4 is 0 Å². The smallest absolute Gasteiger partial charge is 0.196 e. The minimum atomic E-state index is -1.19. The van der Waals surface area contributed by atoms with E-state index in [1.807, 2.05) is 0 Å². The molecule has 3 atom stereocenters. The van der Waals surface area contributed by atoms with Gasteiger partial charge in [0.25, 0.3) is 0 Å². The molecule has 0 aromatic rings. The zero-order chi connectivity index (χ0) is 8.77. The fraction of sp³-hybridized carbons (Fsp3) is 1.00. The van der Waals surface area contributed by atoms with E-state index in [4.69, 9.17) is 4.74 Å². The molecule has 2 aliphatic rings. The lowest BCUT2D eigenvalue weighted by Gasteiger charge is -2.27. The van der Waals surface area contributed by atoms with Gasteiger partial charge in [-0.05, 0) is 51.4 Å². The fourth-order valence-corrected chi connectivity index (χ4v) is 2.70. The Morgan fingerprint density at radius 2 is 2.00 bits per heavy atom. The summed E-state index contributed by atoms with van der Waals surface area (Å²) in [5.74, 6) is 0.375. The van der Waals surface area contributed by atoms with Gasteiger partial charge >= 0.3 is 0 Å². The number of ether oxygens (including phenoxy) is 1. The zero-order valence-corrected chi connectivity index (χ0v) is 7.88. The highest BCUT2D eigenvalue weighted by Crippen LogP contribution is 2.46. The van der Waals surface area contributed by atoms with Crippen molar-refractivity contribution < 1.29 is 9.84 Å². The third-order valence-electron chi connectivity index (χ3n) is 3.11. The highest BCUT2D eigenvalue weighted by Gasteiger charge is 2.42. The number of fused-ring (bicyclic) bond motifs is 2. The van der Waals surface area contributed by atoms with Gasteiger partial charge in [0.05, 0.1) is 6.10 Å². The van der Waals surface area contributed by atoms with Crippen molar-refractivity contribution in [1.29, 1.82) is 0 Å². The molecular weight excluding hydrogens is 152 g/mol. The molecule has 2 fully saturated rings. The van der Waals surface area contributed by atoms with Crippen molar-refractivity contribution in [2.75, 3.05) is 0 Å². The molecule has 2 saturated carbocycles. The van der Waals surface area contributed by atoms with Crippen LogP contribution in [-0.2, 0) is 9.84 Å². The largest absolute Gasteiger partial charge is 0.344 e. The van der Waals surface area contributed by atoms with Crippen molar-refractivity contribution in [1.82, 2.24) is 0 Å². The molecule has 0 spiro atoms. The van der Waals surface area contributed by atoms with Crippen LogP contribution >= 0.6 is 0 Å². The van der Waals surface area contributed by atoms with Crippen molar-refractivity contribution in [2.24, 2.45) is 11.8 Å². The van der Waals surface area contributed by atoms with Crippen LogP contribution in [0.25, 0.3) is 0 Å². The molecule has 3 unspecified atom stereocenters. The Bertz CT molecular complexity index is 171. The van der Waals surface area contributed by atoms with E-state index >= 15 is 0 Å². The van der Waals surface area contributed by atoms with Crippen LogP contribution in [0.3, 0.4) is 0 Å². The predicted octanol–water partition coefficient (Wildman–Crippen LogP) is 2.36. The summed E-state index contributed by atoms with van der Waals surface area (Å²) in [5.41, 5.74) is 0. The summed E-state index contributed by atoms with van der Waals surface area (Å²) in [4.78, 5) is 0. The van der Waals surface area contributed by atoms with Crippen LogP contribution in [0, 0.1) is 11.8 Å². The third-order valence-corrected chi connectivity index (χ3v) is 3.11. The van der Waals surface area contributed by atoms with E-state index < -0.39 is 5.79 Å². The van der Waals surface area contributed by atoms with Gasteiger partial charge in [0.2, 0.25) is 0 Å². The van der Waals surface area contributed by atoms with Gasteiger partial charge in [-0.25, -0.2) is 0 Å². The zero-order valence-electron chi connectivity index (χ0n) is 7.88. The Labute approximate surface area is 73.9 Å². The maximum absolute atomic E-state index is 11.3. The molecule has 0 heterocycles. The van der Waals surface area contributed by atoms with E-state index in [-0.39, 0.29) is 6.10 Å². The molecule has 2 rings (SSSR count). The summed E-state index contributed by atoms with van der Waals surface area (Å²) in [6.45, 7) is 3.22. The van der Waals surface area contributed by atoms with Gasteiger partial charge in [0.1, 0.15) is 0 Å². The maximum atomic E-state index is 11.3. The summed E-state index contributed by atoms with van der Waals surface area (Å²) >= 11 is 0. The summed E-state index contributed by atoms with van der Waals surface area (Å²) < 4.78 is 5.48. The highest BCUT2D eigenvalue weighted by atomic mass is 16.6. The van der Waals surface area contributed by atoms with Gasteiger partial charge in [-0.15, -0.1) is 0 Å². The molecule has 2 nitrogen and oxygen atoms in total. The number of rotatable bonds is 2. The van der Waals surface area contributed by atoms with Crippen molar-refractivity contribution in [3.8, 4) is 0 Å². The van der Waals surface area contributed by atoms with Crippen LogP contribution in [0.5, 0.6) is 0 Å². The molecule has 2 aliphatic carbocycles. The number of hydrogen-bond donors (Lipinski definition) is 0. The van der Waals surface area contributed by atoms with Gasteiger partial charge in [-0.3, -0.25) is 0 Å². The van der Waals surface area contributed by atoms with Crippen LogP contribution in [0.1, 0.15) is 39.5 Å². The summed E-state index contributed by atoms with van der Waals surface area (Å²) in [7, 11) is 0. The third kappa shape index (κ3) is 1.64. The molecular formula is C10H17O2. The maximum Gasteiger partial charge on any atom is 0.196 e. The Morgan fingerprint density at radius 3 is 2.42 bits per heavy atom. The standard InChI is InChI=1S/C10H17O2/c1-10(2,11)12-9-6-7-3-4-8(9)5-7/h7-9H,3-6H2,1-2H3. The fourth-order valence-electron chi connectivity index (χ4n) is 2.70. The summed E-state index contributed by atoms with van der Waals surface area (Å²) in [6, 6.07) is 0. The molecule has 12 heavy (non-hydrogen) atoms. The van der Waals surface area contributed by atoms with Gasteiger partial charge in [-0.1, -0.05) is 0 Å². The second-order valence-electron chi connectivity index (χ2n) is 4.73. The normalized spacial score (nSPS) is 40.8. The molecule has 0 amide bonds. The Morgan fingerprint density at radius 1 is 1.25 bits per heavy atom. The van der Waals surface area contributed by atoms with Crippen molar-refractivity contribution in [3.63, 3.8) is 0 Å². The molecule has 0 aliphatic heterocycles. The average Bonchev–Trinajstić information content (AvgIpc) is 2.42. The first-order chi connectivity index (χ1) is 5.54. The van der Waals surface area contributed by atoms with Gasteiger partial charge < -0.3 is 4.74 Å². The van der Waals surface area contributed by atoms with Crippen LogP contribution in [0.4, 0.5) is 0 Å². The van der Waals surface area contributed by atoms with Crippen LogP contribution in [-0.4, -0.2) is 11.9 Å². The van der Waals surface area contributed by atoms with Crippen LogP contribution in [0.2, 0.25) is 0 Å². The molecule has 0 N–H and O–H groups in total. The SMILES string of the molecule is CC(C)([O])OC1CC2CCC1C2. The number of hydrogen-bond acceptors (Lipinski definition) is 1. The van der Waals surface area contributed by atoms with E-state index in [1.165, 1.54) is 19.3 Å². The van der Waals surface area contributed by atoms with E-state index in [2.05, 4.69) is 0 Å². The molecule has 0 aromatic carbocycles. The van der Waals surface area contributed by atoms with Crippen molar-refractivity contribution in [2.45, 2.75) is 51.4 Å². The van der Waals surface area contributed by atoms with Gasteiger partial charge in [0, 0.05) is 0 Å². The lowest BCUT2D eigenvalue weighted by Crippen LogP contribution is -2.32. The van der Waals surface area contributed by atoms with Crippen LogP contribution < -0.4 is 0 Å². The Kier molecular flexibility index (Phi) is 1.92. The van der Waals surface area contributed by atoms with Crippen LogP contribution in [0.15, 0.2) is 0 Å². The first kappa shape index (κ1) is 8.52. The van der Waals surface area contributed by atoms with E-state index in [0.717, 1.165) is 12.3 Å². The van der Waals surface area contributed by atoms with Crippen molar-refractivity contribution in [3.05, 3.63) is 0 Å². The topological polar surface area (TPSA) is 29.1 Å².